The third kappa shape index (κ3) is 5.66. The average molecular weight is 647 g/mol. The number of nitrogens with zero attached hydrogens (tertiary/aromatic N) is 3. The molecule has 0 radical (unpaired) electrons. The molecule has 0 aliphatic rings. The number of para-hydroxylation sites is 1. The molecule has 0 N–H and O–H groups in total. The van der Waals surface area contributed by atoms with Gasteiger partial charge in [0.2, 0.25) is 5.82 Å². The van der Waals surface area contributed by atoms with Crippen LogP contribution in [0.3, 0.4) is 0 Å². The molecule has 2 heterocycles. The van der Waals surface area contributed by atoms with Crippen molar-refractivity contribution in [2.24, 2.45) is 5.10 Å². The number of benzene rings is 4. The summed E-state index contributed by atoms with van der Waals surface area (Å²) in [5.41, 5.74) is 2.21. The van der Waals surface area contributed by atoms with Gasteiger partial charge in [0.05, 0.1) is 23.7 Å². The lowest BCUT2D eigenvalue weighted by atomic mass is 10.2. The molecule has 10 heteroatoms. The van der Waals surface area contributed by atoms with Crippen LogP contribution in [0.2, 0.25) is 5.02 Å². The van der Waals surface area contributed by atoms with Crippen molar-refractivity contribution in [3.05, 3.63) is 122 Å². The maximum absolute atomic E-state index is 13.6. The zero-order valence-corrected chi connectivity index (χ0v) is 24.5. The molecule has 6 rings (SSSR count). The van der Waals surface area contributed by atoms with Gasteiger partial charge in [-0.2, -0.15) is 9.78 Å². The number of ether oxygens (including phenoxy) is 2. The third-order valence-corrected chi connectivity index (χ3v) is 7.36. The lowest BCUT2D eigenvalue weighted by Gasteiger charge is -2.14. The lowest BCUT2D eigenvalue weighted by molar-refractivity contribution is 0.269. The molecule has 6 aromatic rings. The molecule has 210 valence electrons. The summed E-state index contributed by atoms with van der Waals surface area (Å²) in [5, 5.41) is 6.31. The summed E-state index contributed by atoms with van der Waals surface area (Å²) >= 11 is 9.75. The normalized spacial score (nSPS) is 11.5. The molecule has 0 aliphatic heterocycles. The highest BCUT2D eigenvalue weighted by molar-refractivity contribution is 9.10. The highest BCUT2D eigenvalue weighted by atomic mass is 79.9. The van der Waals surface area contributed by atoms with Crippen LogP contribution in [0, 0.1) is 5.82 Å². The Kier molecular flexibility index (Phi) is 7.78. The number of aromatic nitrogens is 2. The summed E-state index contributed by atoms with van der Waals surface area (Å²) < 4.78 is 33.0. The summed E-state index contributed by atoms with van der Waals surface area (Å²) in [6.07, 6.45) is 1.54. The number of furan rings is 1. The minimum atomic E-state index is -0.356. The van der Waals surface area contributed by atoms with Gasteiger partial charge in [-0.3, -0.25) is 4.79 Å². The van der Waals surface area contributed by atoms with Gasteiger partial charge in [0.25, 0.3) is 5.56 Å². The van der Waals surface area contributed by atoms with Crippen LogP contribution in [0.4, 0.5) is 4.39 Å². The van der Waals surface area contributed by atoms with Crippen molar-refractivity contribution in [3.63, 3.8) is 0 Å². The molecule has 0 amide bonds. The first-order valence-electron chi connectivity index (χ1n) is 13.0. The van der Waals surface area contributed by atoms with Crippen molar-refractivity contribution >= 4 is 55.6 Å². The Bertz CT molecular complexity index is 2020. The molecule has 42 heavy (non-hydrogen) atoms. The Hall–Kier alpha value is -4.47. The van der Waals surface area contributed by atoms with Crippen molar-refractivity contribution in [1.82, 2.24) is 9.66 Å². The number of fused-ring (bicyclic) bond motifs is 2. The van der Waals surface area contributed by atoms with Crippen LogP contribution in [0.5, 0.6) is 11.5 Å². The highest BCUT2D eigenvalue weighted by Crippen LogP contribution is 2.34. The number of rotatable bonds is 8. The van der Waals surface area contributed by atoms with Crippen molar-refractivity contribution in [2.45, 2.75) is 13.5 Å². The number of hydrogen-bond acceptors (Lipinski definition) is 6. The second-order valence-electron chi connectivity index (χ2n) is 9.28. The fourth-order valence-electron chi connectivity index (χ4n) is 4.41. The fourth-order valence-corrected chi connectivity index (χ4v) is 5.01. The molecule has 0 spiro atoms. The zero-order chi connectivity index (χ0) is 29.2. The molecule has 0 bridgehead atoms. The molecule has 0 unspecified atom stereocenters. The van der Waals surface area contributed by atoms with Gasteiger partial charge < -0.3 is 13.9 Å². The molecule has 4 aromatic carbocycles. The first kappa shape index (κ1) is 27.7. The number of hydrogen-bond donors (Lipinski definition) is 0. The monoisotopic (exact) mass is 645 g/mol. The van der Waals surface area contributed by atoms with E-state index in [4.69, 9.17) is 30.5 Å². The van der Waals surface area contributed by atoms with Gasteiger partial charge >= 0.3 is 0 Å². The van der Waals surface area contributed by atoms with Crippen LogP contribution >= 0.6 is 27.5 Å². The van der Waals surface area contributed by atoms with Crippen LogP contribution < -0.4 is 15.0 Å². The van der Waals surface area contributed by atoms with E-state index in [1.807, 2.05) is 13.0 Å². The standard InChI is InChI=1S/C32H22BrClFN3O4/c1-2-40-28-15-21(25(33)16-29(28)41-18-19-7-10-23(35)11-8-19)17-36-38-31(37-26-6-4-3-5-24(26)32(38)39)30-14-20-13-22(34)9-12-27(20)42-30/h3-17H,2,18H2,1H3. The van der Waals surface area contributed by atoms with Gasteiger partial charge in [0.1, 0.15) is 18.0 Å². The molecule has 2 aromatic heterocycles. The minimum Gasteiger partial charge on any atom is -0.490 e. The Labute approximate surface area is 252 Å². The van der Waals surface area contributed by atoms with Crippen molar-refractivity contribution in [2.75, 3.05) is 6.61 Å². The van der Waals surface area contributed by atoms with Crippen molar-refractivity contribution < 1.29 is 18.3 Å². The molecule has 7 nitrogen and oxygen atoms in total. The average Bonchev–Trinajstić information content (AvgIpc) is 3.41. The number of halogens is 3. The Morgan fingerprint density at radius 1 is 1.02 bits per heavy atom. The van der Waals surface area contributed by atoms with Gasteiger partial charge in [0, 0.05) is 20.4 Å². The van der Waals surface area contributed by atoms with Crippen LogP contribution in [0.15, 0.2) is 104 Å². The van der Waals surface area contributed by atoms with E-state index in [0.717, 1.165) is 10.9 Å². The van der Waals surface area contributed by atoms with E-state index in [-0.39, 0.29) is 23.8 Å². The van der Waals surface area contributed by atoms with Crippen LogP contribution in [-0.4, -0.2) is 22.5 Å². The Balaban J connectivity index is 1.40. The van der Waals surface area contributed by atoms with Crippen LogP contribution in [0.1, 0.15) is 18.1 Å². The van der Waals surface area contributed by atoms with Gasteiger partial charge in [0.15, 0.2) is 17.3 Å². The molecule has 0 saturated carbocycles. The van der Waals surface area contributed by atoms with Gasteiger partial charge in [-0.25, -0.2) is 9.37 Å². The van der Waals surface area contributed by atoms with E-state index in [2.05, 4.69) is 21.0 Å². The highest BCUT2D eigenvalue weighted by Gasteiger charge is 2.17. The summed E-state index contributed by atoms with van der Waals surface area (Å²) in [4.78, 5) is 18.4. The Morgan fingerprint density at radius 3 is 2.62 bits per heavy atom. The first-order chi connectivity index (χ1) is 20.4. The summed E-state index contributed by atoms with van der Waals surface area (Å²) in [5.74, 6) is 1.28. The molecule has 0 fully saturated rings. The van der Waals surface area contributed by atoms with E-state index < -0.39 is 0 Å². The predicted octanol–water partition coefficient (Wildman–Crippen LogP) is 8.22. The quantitative estimate of drug-likeness (QED) is 0.156. The third-order valence-electron chi connectivity index (χ3n) is 6.44. The molecular formula is C32H22BrClFN3O4. The second-order valence-corrected chi connectivity index (χ2v) is 10.6. The van der Waals surface area contributed by atoms with E-state index >= 15 is 0 Å². The maximum Gasteiger partial charge on any atom is 0.282 e. The zero-order valence-electron chi connectivity index (χ0n) is 22.2. The van der Waals surface area contributed by atoms with Gasteiger partial charge in [-0.05, 0) is 89.1 Å². The van der Waals surface area contributed by atoms with Gasteiger partial charge in [-0.1, -0.05) is 35.9 Å². The second kappa shape index (κ2) is 11.8. The summed E-state index contributed by atoms with van der Waals surface area (Å²) in [6.45, 7) is 2.50. The van der Waals surface area contributed by atoms with Gasteiger partial charge in [-0.15, -0.1) is 0 Å². The lowest BCUT2D eigenvalue weighted by Crippen LogP contribution is -2.20. The van der Waals surface area contributed by atoms with E-state index in [1.54, 1.807) is 66.7 Å². The summed E-state index contributed by atoms with van der Waals surface area (Å²) in [7, 11) is 0. The first-order valence-corrected chi connectivity index (χ1v) is 14.2. The van der Waals surface area contributed by atoms with Crippen LogP contribution in [0.25, 0.3) is 33.5 Å². The fraction of sp³-hybridized carbons (Fsp3) is 0.0938. The van der Waals surface area contributed by atoms with E-state index in [1.165, 1.54) is 23.0 Å². The largest absolute Gasteiger partial charge is 0.490 e. The van der Waals surface area contributed by atoms with E-state index in [9.17, 15) is 9.18 Å². The molecule has 0 saturated heterocycles. The molecule has 0 atom stereocenters. The predicted molar refractivity (Wildman–Crippen MR) is 165 cm³/mol. The SMILES string of the molecule is CCOc1cc(C=Nn2c(-c3cc4cc(Cl)ccc4o3)nc3ccccc3c2=O)c(Br)cc1OCc1ccc(F)cc1. The smallest absolute Gasteiger partial charge is 0.282 e. The minimum absolute atomic E-state index is 0.227. The maximum atomic E-state index is 13.6. The Morgan fingerprint density at radius 2 is 1.81 bits per heavy atom. The molecule has 0 aliphatic carbocycles. The van der Waals surface area contributed by atoms with Crippen molar-refractivity contribution in [3.8, 4) is 23.1 Å². The van der Waals surface area contributed by atoms with Crippen molar-refractivity contribution in [1.29, 1.82) is 0 Å². The molecular weight excluding hydrogens is 625 g/mol. The topological polar surface area (TPSA) is 78.9 Å². The van der Waals surface area contributed by atoms with E-state index in [0.29, 0.717) is 55.4 Å². The summed E-state index contributed by atoms with van der Waals surface area (Å²) in [6, 6.07) is 23.7. The van der Waals surface area contributed by atoms with Crippen LogP contribution in [-0.2, 0) is 6.61 Å².